The number of fused-ring (bicyclic) bond motifs is 1. The first-order valence-corrected chi connectivity index (χ1v) is 14.8. The predicted octanol–water partition coefficient (Wildman–Crippen LogP) is 6.77. The zero-order chi connectivity index (χ0) is 28.0. The van der Waals surface area contributed by atoms with E-state index in [4.69, 9.17) is 9.47 Å². The lowest BCUT2D eigenvalue weighted by Gasteiger charge is -2.41. The van der Waals surface area contributed by atoms with Crippen LogP contribution in [0.25, 0.3) is 0 Å². The third-order valence-corrected chi connectivity index (χ3v) is 8.93. The number of methoxy groups -OCH3 is 1. The molecule has 2 aliphatic heterocycles. The van der Waals surface area contributed by atoms with Gasteiger partial charge in [0.15, 0.2) is 0 Å². The Morgan fingerprint density at radius 1 is 0.850 bits per heavy atom. The van der Waals surface area contributed by atoms with Gasteiger partial charge in [0.1, 0.15) is 17.4 Å². The van der Waals surface area contributed by atoms with Crippen molar-refractivity contribution in [2.24, 2.45) is 0 Å². The highest BCUT2D eigenvalue weighted by molar-refractivity contribution is 5.40. The maximum atomic E-state index is 13.6. The molecule has 40 heavy (non-hydrogen) atoms. The van der Waals surface area contributed by atoms with Gasteiger partial charge < -0.3 is 19.3 Å². The van der Waals surface area contributed by atoms with E-state index in [0.29, 0.717) is 0 Å². The van der Waals surface area contributed by atoms with Crippen molar-refractivity contribution in [1.82, 2.24) is 9.80 Å². The Morgan fingerprint density at radius 2 is 1.45 bits per heavy atom. The van der Waals surface area contributed by atoms with Gasteiger partial charge in [0.25, 0.3) is 0 Å². The summed E-state index contributed by atoms with van der Waals surface area (Å²) in [5.74, 6) is 0.585. The van der Waals surface area contributed by atoms with Gasteiger partial charge in [0.2, 0.25) is 0 Å². The number of piperazine rings is 1. The summed E-state index contributed by atoms with van der Waals surface area (Å²) in [5.41, 5.74) is 4.63. The average molecular weight is 549 g/mol. The molecule has 214 valence electrons. The van der Waals surface area contributed by atoms with Crippen LogP contribution in [0.1, 0.15) is 60.8 Å². The monoisotopic (exact) mass is 548 g/mol. The predicted molar refractivity (Wildman–Crippen MR) is 156 cm³/mol. The van der Waals surface area contributed by atoms with Crippen molar-refractivity contribution in [3.63, 3.8) is 0 Å². The van der Waals surface area contributed by atoms with E-state index in [0.717, 1.165) is 94.9 Å². The first-order valence-electron chi connectivity index (χ1n) is 14.8. The second-order valence-corrected chi connectivity index (χ2v) is 11.2. The van der Waals surface area contributed by atoms with Gasteiger partial charge >= 0.3 is 0 Å². The largest absolute Gasteiger partial charge is 0.497 e. The van der Waals surface area contributed by atoms with Gasteiger partial charge in [-0.1, -0.05) is 37.3 Å². The molecule has 0 radical (unpaired) electrons. The van der Waals surface area contributed by atoms with E-state index in [9.17, 15) is 8.78 Å². The molecule has 0 amide bonds. The van der Waals surface area contributed by atoms with E-state index in [1.54, 1.807) is 7.11 Å². The summed E-state index contributed by atoms with van der Waals surface area (Å²) in [4.78, 5) is 5.13. The molecular formula is C34H42F2N2O2. The zero-order valence-electron chi connectivity index (χ0n) is 23.9. The van der Waals surface area contributed by atoms with E-state index < -0.39 is 0 Å². The van der Waals surface area contributed by atoms with Crippen LogP contribution in [0.3, 0.4) is 0 Å². The number of benzene rings is 3. The second kappa shape index (κ2) is 13.2. The Kier molecular flexibility index (Phi) is 9.51. The topological polar surface area (TPSA) is 24.9 Å². The van der Waals surface area contributed by atoms with Gasteiger partial charge in [-0.15, -0.1) is 0 Å². The lowest BCUT2D eigenvalue weighted by molar-refractivity contribution is -0.0754. The van der Waals surface area contributed by atoms with Gasteiger partial charge in [-0.25, -0.2) is 8.78 Å². The number of rotatable bonds is 11. The van der Waals surface area contributed by atoms with Crippen LogP contribution in [-0.2, 0) is 16.8 Å². The Balaban J connectivity index is 1.12. The van der Waals surface area contributed by atoms with E-state index >= 15 is 0 Å². The second-order valence-electron chi connectivity index (χ2n) is 11.2. The minimum absolute atomic E-state index is 0.131. The molecule has 0 aliphatic carbocycles. The van der Waals surface area contributed by atoms with Crippen LogP contribution in [0.2, 0.25) is 0 Å². The van der Waals surface area contributed by atoms with E-state index in [1.165, 1.54) is 35.4 Å². The molecular weight excluding hydrogens is 506 g/mol. The molecule has 2 heterocycles. The number of ether oxygens (including phenoxy) is 2. The Morgan fingerprint density at radius 3 is 2.02 bits per heavy atom. The quantitative estimate of drug-likeness (QED) is 0.264. The molecule has 2 aliphatic rings. The summed E-state index contributed by atoms with van der Waals surface area (Å²) in [6.07, 6.45) is 4.88. The molecule has 3 aromatic rings. The van der Waals surface area contributed by atoms with Crippen LogP contribution in [0.4, 0.5) is 8.78 Å². The average Bonchev–Trinajstić information content (AvgIpc) is 2.99. The summed E-state index contributed by atoms with van der Waals surface area (Å²) in [5, 5.41) is 0. The molecule has 5 rings (SSSR count). The highest BCUT2D eigenvalue weighted by Crippen LogP contribution is 2.40. The highest BCUT2D eigenvalue weighted by Gasteiger charge is 2.37. The summed E-state index contributed by atoms with van der Waals surface area (Å²) in [6.45, 7) is 9.32. The maximum Gasteiger partial charge on any atom is 0.123 e. The molecule has 3 aromatic carbocycles. The Bertz CT molecular complexity index is 1180. The van der Waals surface area contributed by atoms with Crippen LogP contribution in [0.5, 0.6) is 5.75 Å². The van der Waals surface area contributed by atoms with Crippen LogP contribution in [0, 0.1) is 11.6 Å². The van der Waals surface area contributed by atoms with E-state index in [2.05, 4.69) is 34.9 Å². The molecule has 6 heteroatoms. The number of hydrogen-bond donors (Lipinski definition) is 0. The van der Waals surface area contributed by atoms with Gasteiger partial charge in [-0.2, -0.15) is 0 Å². The van der Waals surface area contributed by atoms with E-state index in [1.807, 2.05) is 24.3 Å². The fourth-order valence-corrected chi connectivity index (χ4v) is 6.47. The summed E-state index contributed by atoms with van der Waals surface area (Å²) < 4.78 is 39.0. The molecule has 1 saturated heterocycles. The summed E-state index contributed by atoms with van der Waals surface area (Å²) >= 11 is 0. The third-order valence-electron chi connectivity index (χ3n) is 8.93. The van der Waals surface area contributed by atoms with Gasteiger partial charge in [-0.05, 0) is 97.3 Å². The SMILES string of the molecule is CCC1(CCN2CCN(CCCC(c3ccc(F)cc3)c3ccc(F)cc3)CC2)OCCc2cc(OC)ccc21. The Labute approximate surface area is 237 Å². The number of nitrogens with zero attached hydrogens (tertiary/aromatic N) is 2. The zero-order valence-corrected chi connectivity index (χ0v) is 23.9. The lowest BCUT2D eigenvalue weighted by Crippen LogP contribution is -2.48. The van der Waals surface area contributed by atoms with Crippen LogP contribution < -0.4 is 4.74 Å². The summed E-state index contributed by atoms with van der Waals surface area (Å²) in [7, 11) is 1.73. The smallest absolute Gasteiger partial charge is 0.123 e. The van der Waals surface area contributed by atoms with Gasteiger partial charge in [-0.3, -0.25) is 0 Å². The molecule has 0 bridgehead atoms. The van der Waals surface area contributed by atoms with Crippen LogP contribution in [-0.4, -0.2) is 62.8 Å². The molecule has 1 unspecified atom stereocenters. The van der Waals surface area contributed by atoms with Gasteiger partial charge in [0, 0.05) is 38.6 Å². The van der Waals surface area contributed by atoms with Crippen molar-refractivity contribution >= 4 is 0 Å². The van der Waals surface area contributed by atoms with Crippen molar-refractivity contribution in [3.05, 3.63) is 101 Å². The molecule has 1 fully saturated rings. The van der Waals surface area contributed by atoms with E-state index in [-0.39, 0.29) is 23.2 Å². The maximum absolute atomic E-state index is 13.6. The lowest BCUT2D eigenvalue weighted by atomic mass is 9.81. The van der Waals surface area contributed by atoms with Crippen molar-refractivity contribution < 1.29 is 18.3 Å². The fraction of sp³-hybridized carbons (Fsp3) is 0.471. The normalized spacial score (nSPS) is 20.0. The summed E-state index contributed by atoms with van der Waals surface area (Å²) in [6, 6.07) is 19.9. The van der Waals surface area contributed by atoms with Crippen LogP contribution in [0.15, 0.2) is 66.7 Å². The standard InChI is InChI=1S/C34H42F2N2O2/c1-3-34(33-15-14-31(39-2)25-28(33)16-24-40-34)17-19-38-22-20-37(21-23-38)18-4-5-32(26-6-10-29(35)11-7-26)27-8-12-30(36)13-9-27/h6-15,25,32H,3-5,16-24H2,1-2H3. The first-order chi connectivity index (χ1) is 19.5. The fourth-order valence-electron chi connectivity index (χ4n) is 6.47. The molecule has 0 spiro atoms. The Hall–Kier alpha value is -2.80. The van der Waals surface area contributed by atoms with Crippen LogP contribution >= 0.6 is 0 Å². The molecule has 0 aromatic heterocycles. The molecule has 1 atom stereocenters. The van der Waals surface area contributed by atoms with Crippen molar-refractivity contribution in [2.45, 2.75) is 50.5 Å². The highest BCUT2D eigenvalue weighted by atomic mass is 19.1. The third kappa shape index (κ3) is 6.73. The van der Waals surface area contributed by atoms with Crippen molar-refractivity contribution in [1.29, 1.82) is 0 Å². The molecule has 0 N–H and O–H groups in total. The molecule has 4 nitrogen and oxygen atoms in total. The van der Waals surface area contributed by atoms with Crippen molar-refractivity contribution in [3.8, 4) is 5.75 Å². The first kappa shape index (κ1) is 28.7. The minimum atomic E-state index is -0.233. The molecule has 0 saturated carbocycles. The minimum Gasteiger partial charge on any atom is -0.497 e. The van der Waals surface area contributed by atoms with Crippen molar-refractivity contribution in [2.75, 3.05) is 53.0 Å². The number of hydrogen-bond acceptors (Lipinski definition) is 4. The van der Waals surface area contributed by atoms with Gasteiger partial charge in [0.05, 0.1) is 19.3 Å². The number of halogens is 2.